The number of carbonyl (C=O) groups is 4. The first kappa shape index (κ1) is 113. The number of esters is 2. The van der Waals surface area contributed by atoms with E-state index in [1.807, 2.05) is 30.5 Å². The monoisotopic (exact) mass is 2020 g/mol. The van der Waals surface area contributed by atoms with Gasteiger partial charge in [-0.25, -0.2) is 34.5 Å². The summed E-state index contributed by atoms with van der Waals surface area (Å²) in [5.74, 6) is 0.187. The Balaban J connectivity index is 0.000000239. The fourth-order valence-electron chi connectivity index (χ4n) is 13.4. The number of pyridine rings is 7. The predicted molar refractivity (Wildman–Crippen MR) is 531 cm³/mol. The molecule has 12 N–H and O–H groups in total. The molecule has 1 saturated heterocycles. The maximum absolute atomic E-state index is 13.1. The molecule has 3 saturated carbocycles. The molecule has 0 bridgehead atoms. The number of hydrogen-bond donors (Lipinski definition) is 8. The smallest absolute Gasteiger partial charge is 0.870 e. The molecule has 5 atom stereocenters. The van der Waals surface area contributed by atoms with Crippen molar-refractivity contribution in [1.29, 1.82) is 5.26 Å². The minimum atomic E-state index is -1.17. The van der Waals surface area contributed by atoms with Gasteiger partial charge < -0.3 is 85.4 Å². The van der Waals surface area contributed by atoms with Crippen LogP contribution in [0.2, 0.25) is 87.4 Å². The number of fused-ring (bicyclic) bond motifs is 6. The van der Waals surface area contributed by atoms with E-state index in [9.17, 15) is 48.3 Å². The molecule has 1 amide bonds. The van der Waals surface area contributed by atoms with Gasteiger partial charge in [0.05, 0.1) is 73.2 Å². The van der Waals surface area contributed by atoms with Crippen molar-refractivity contribution in [2.75, 3.05) is 52.1 Å². The number of imidazole rings is 3. The minimum Gasteiger partial charge on any atom is -0.870 e. The van der Waals surface area contributed by atoms with Crippen LogP contribution in [0.3, 0.4) is 0 Å². The van der Waals surface area contributed by atoms with E-state index in [1.165, 1.54) is 48.0 Å². The van der Waals surface area contributed by atoms with Crippen molar-refractivity contribution in [2.24, 2.45) is 44.4 Å². The van der Waals surface area contributed by atoms with Gasteiger partial charge in [0.2, 0.25) is 5.91 Å². The molecule has 45 heteroatoms. The van der Waals surface area contributed by atoms with Crippen LogP contribution in [-0.4, -0.2) is 191 Å². The fraction of sp³-hybridized carbons (Fsp3) is 0.483. The molecule has 10 aromatic heterocycles. The summed E-state index contributed by atoms with van der Waals surface area (Å²) in [6.07, 6.45) is 34.2. The van der Waals surface area contributed by atoms with Gasteiger partial charge in [-0.1, -0.05) is 137 Å². The Labute approximate surface area is 815 Å². The van der Waals surface area contributed by atoms with Crippen LogP contribution in [0.5, 0.6) is 0 Å². The summed E-state index contributed by atoms with van der Waals surface area (Å²) < 4.78 is 34.6. The number of methoxy groups -OCH3 is 2. The molecule has 4 fully saturated rings. The van der Waals surface area contributed by atoms with Crippen LogP contribution in [0.1, 0.15) is 99.4 Å². The topological polar surface area (TPSA) is 537 Å². The quantitative estimate of drug-likeness (QED) is 0.00742. The van der Waals surface area contributed by atoms with Crippen molar-refractivity contribution >= 4 is 180 Å². The Morgan fingerprint density at radius 1 is 0.545 bits per heavy atom. The summed E-state index contributed by atoms with van der Waals surface area (Å²) in [5.41, 5.74) is 24.6. The molecule has 720 valence electrons. The van der Waals surface area contributed by atoms with Crippen LogP contribution < -0.4 is 69.2 Å². The standard InChI is InChI=1S/C19H29N3O4Si.C18H27N3O4Si.C12H19N3O2Si.C7H11BrO2.C7H5ClN2.C7H11N3O.2C7H6N2O.C5H6ClN3.ClH.Li.H2O/c1-25-19(24)16(11-14-5-6-14)22-8-7-15-17(18(22)23)21(12-20-15)13-26-9-10-27(2,3)4;1-26(2,3)9-8-25-12-20-11-19-14-6-7-21(17(22)16(14)20)15(18(23)24)10-13-4-5-13;1-18(2,3)7-6-17-9-15-8-14-10-4-5-13-12(16)11(10)15;1-10-7(9)6(8)4-5-2-3-5;8-7-6-5(1-3-9-6)2-4-10-7;8-4-6(9)3-5-1-2-10-7(5)11;2*10-7-6-5(1-3-8-6)2-4-9-7;6-5-4(8)3(7)1-2-9-5;;;/h7-8,12,14,16H,5-6,9-11,13H2,1-4H3;6-7,11,13,15H,4-5,8-10,12H2,1-3H3,(H,23,24);4-5,8H,6-7,9H2,1-3H3,(H,13,16);5-6H,2-4H2,1H3;2-4H,1H2;5-6H,1-3,9H2,(H,10,11);2*2-4H,1H2,(H,9,10);1-2H,8H2,(H2,7,9);1H;;1H2/q;;;;;;;;;;+1;/p-1/t;;;6-;;5-,6-;;;;;;/m...1.0....../s1. The van der Waals surface area contributed by atoms with Gasteiger partial charge in [-0.2, -0.15) is 5.26 Å². The molecule has 7 aliphatic rings. The first-order valence-corrected chi connectivity index (χ1v) is 56.3. The Kier molecular flexibility index (Phi) is 45.3. The maximum Gasteiger partial charge on any atom is 1.00 e. The van der Waals surface area contributed by atoms with Crippen molar-refractivity contribution in [3.8, 4) is 6.07 Å². The molecule has 2 unspecified atom stereocenters. The number of rotatable bonds is 28. The third-order valence-electron chi connectivity index (χ3n) is 21.7. The number of nitrogens with zero attached hydrogens (tertiary/aromatic N) is 14. The van der Waals surface area contributed by atoms with Crippen molar-refractivity contribution in [2.45, 2.75) is 210 Å². The second-order valence-electron chi connectivity index (χ2n) is 36.0. The number of nitrogens with two attached hydrogens (primary N) is 3. The maximum atomic E-state index is 13.1. The summed E-state index contributed by atoms with van der Waals surface area (Å²) >= 11 is 14.5. The van der Waals surface area contributed by atoms with Gasteiger partial charge in [0.15, 0.2) is 10.3 Å². The SMILES string of the molecule is COC(=O)C(CC1CC1)n1ccc2ncn(COCC[Si](C)(C)C)c2c1=O.COC(=O)[C@H](Br)CC1CC1.C[Si](C)(C)CCOCn1cnc2cc[nH]c(=O)c21.C[Si](C)(C)CCOCn1cnc2ccn(C(CC3CC3)C(=O)O)c(=O)c21.Cl.Clc1nccc2c1N=CC2.N#C[C@@H](N)C[C@@H]1CCNC1=O.Nc1ccnc(Cl)c1N.O=c1[nH]ccc2c1N=CC2.O=c1[nH]ccc2c1N=CC2.[Li+].[OH-]. The zero-order valence-corrected chi connectivity index (χ0v) is 84.7. The van der Waals surface area contributed by atoms with Crippen LogP contribution in [0, 0.1) is 35.0 Å². The summed E-state index contributed by atoms with van der Waals surface area (Å²) in [6, 6.07) is 15.8. The minimum absolute atomic E-state index is 0. The van der Waals surface area contributed by atoms with Gasteiger partial charge in [0, 0.05) is 138 Å². The van der Waals surface area contributed by atoms with Gasteiger partial charge in [-0.15, -0.1) is 12.4 Å². The van der Waals surface area contributed by atoms with E-state index in [1.54, 1.807) is 107 Å². The Morgan fingerprint density at radius 3 is 1.35 bits per heavy atom. The average Bonchev–Trinajstić information content (AvgIpc) is 1.67. The first-order chi connectivity index (χ1) is 62.3. The van der Waals surface area contributed by atoms with E-state index in [2.05, 4.69) is 140 Å². The van der Waals surface area contributed by atoms with Crippen LogP contribution in [-0.2, 0) is 82.3 Å². The Morgan fingerprint density at radius 2 is 0.948 bits per heavy atom. The molecule has 3 aliphatic carbocycles. The number of ether oxygens (including phenoxy) is 5. The molecular formula is C89H122BrCl3LiN21O16Si3. The van der Waals surface area contributed by atoms with E-state index in [0.717, 1.165) is 112 Å². The number of hydrogen-bond acceptors (Lipinski definition) is 27. The summed E-state index contributed by atoms with van der Waals surface area (Å²) in [6.45, 7) is 24.4. The number of nitrogens with one attached hydrogen (secondary N) is 4. The van der Waals surface area contributed by atoms with E-state index >= 15 is 0 Å². The number of H-pyrrole nitrogens is 3. The average molecular weight is 2020 g/mol. The van der Waals surface area contributed by atoms with Gasteiger partial charge in [0.1, 0.15) is 70.7 Å². The second-order valence-corrected chi connectivity index (χ2v) is 54.7. The predicted octanol–water partition coefficient (Wildman–Crippen LogP) is 10.5. The molecule has 4 aliphatic heterocycles. The Bertz CT molecular complexity index is 5920. The van der Waals surface area contributed by atoms with E-state index < -0.39 is 48.3 Å². The number of amides is 1. The molecule has 37 nitrogen and oxygen atoms in total. The number of nitrogen functional groups attached to an aromatic ring is 2. The Hall–Kier alpha value is -10.2. The number of halogens is 4. The normalized spacial score (nSPS) is 15.3. The number of aliphatic carboxylic acids is 1. The van der Waals surface area contributed by atoms with Crippen molar-refractivity contribution in [3.63, 3.8) is 0 Å². The zero-order valence-electron chi connectivity index (χ0n) is 77.8. The van der Waals surface area contributed by atoms with Crippen molar-refractivity contribution in [1.82, 2.24) is 68.0 Å². The van der Waals surface area contributed by atoms with Gasteiger partial charge >= 0.3 is 36.8 Å². The van der Waals surface area contributed by atoms with Crippen LogP contribution >= 0.6 is 51.5 Å². The fourth-order valence-corrected chi connectivity index (χ4v) is 16.8. The third-order valence-corrected chi connectivity index (χ3v) is 28.1. The second kappa shape index (κ2) is 54.0. The number of aliphatic imine (C=N–C) groups is 3. The first-order valence-electron chi connectivity index (χ1n) is 43.5. The number of aromatic amines is 3. The van der Waals surface area contributed by atoms with Gasteiger partial charge in [0.25, 0.3) is 27.8 Å². The van der Waals surface area contributed by atoms with Crippen LogP contribution in [0.4, 0.5) is 28.4 Å². The number of alkyl halides is 1. The van der Waals surface area contributed by atoms with Gasteiger partial charge in [-0.05, 0) is 127 Å². The summed E-state index contributed by atoms with van der Waals surface area (Å²) in [5, 5.41) is 21.4. The molecule has 134 heavy (non-hydrogen) atoms. The molecule has 0 spiro atoms. The number of carbonyl (C=O) groups excluding carboxylic acids is 3. The largest absolute Gasteiger partial charge is 1.00 e. The van der Waals surface area contributed by atoms with Crippen molar-refractivity contribution < 1.29 is 72.3 Å². The van der Waals surface area contributed by atoms with Gasteiger partial charge in [-0.3, -0.25) is 57.7 Å². The van der Waals surface area contributed by atoms with E-state index in [0.29, 0.717) is 112 Å². The number of carboxylic acids is 1. The third kappa shape index (κ3) is 35.5. The molecule has 0 radical (unpaired) electrons. The van der Waals surface area contributed by atoms with Crippen LogP contribution in [0.15, 0.2) is 144 Å². The van der Waals surface area contributed by atoms with E-state index in [4.69, 9.17) is 64.6 Å². The summed E-state index contributed by atoms with van der Waals surface area (Å²) in [7, 11) is -0.611. The number of anilines is 2. The van der Waals surface area contributed by atoms with Crippen LogP contribution in [0.25, 0.3) is 33.1 Å². The summed E-state index contributed by atoms with van der Waals surface area (Å²) in [4.78, 5) is 145. The van der Waals surface area contributed by atoms with E-state index in [-0.39, 0.29) is 112 Å². The zero-order chi connectivity index (χ0) is 95.3. The molecule has 0 aromatic carbocycles. The number of carboxylic acid groups (broad SMARTS) is 1. The molecule has 10 aromatic rings. The molecule has 14 heterocycles. The van der Waals surface area contributed by atoms with Crippen molar-refractivity contribution in [3.05, 3.63) is 184 Å². The molecular weight excluding hydrogens is 1900 g/mol. The number of nitriles is 1. The number of aromatic nitrogens is 13. The molecule has 17 rings (SSSR count).